The van der Waals surface area contributed by atoms with Crippen molar-refractivity contribution in [3.8, 4) is 6.07 Å². The summed E-state index contributed by atoms with van der Waals surface area (Å²) in [6, 6.07) is 11.0. The van der Waals surface area contributed by atoms with Crippen molar-refractivity contribution >= 4 is 16.7 Å². The number of nitrogens with one attached hydrogen (secondary N) is 1. The SMILES string of the molecule is Cc1c(C#N)c(N2C[C@@H]3CCN[C@@H]3C2)nc2ccccc12. The highest BCUT2D eigenvalue weighted by Gasteiger charge is 2.37. The summed E-state index contributed by atoms with van der Waals surface area (Å²) in [4.78, 5) is 7.08. The van der Waals surface area contributed by atoms with Crippen molar-refractivity contribution in [3.63, 3.8) is 0 Å². The Bertz CT molecular complexity index is 734. The summed E-state index contributed by atoms with van der Waals surface area (Å²) < 4.78 is 0. The minimum absolute atomic E-state index is 0.560. The Morgan fingerprint density at radius 2 is 2.19 bits per heavy atom. The van der Waals surface area contributed by atoms with E-state index in [4.69, 9.17) is 4.98 Å². The van der Waals surface area contributed by atoms with Crippen LogP contribution in [0.2, 0.25) is 0 Å². The molecule has 0 spiro atoms. The molecule has 0 amide bonds. The molecule has 4 heteroatoms. The normalized spacial score (nSPS) is 24.3. The maximum atomic E-state index is 9.59. The molecule has 2 saturated heterocycles. The molecular formula is C17H18N4. The molecule has 106 valence electrons. The molecule has 1 aromatic heterocycles. The maximum absolute atomic E-state index is 9.59. The van der Waals surface area contributed by atoms with E-state index in [0.29, 0.717) is 12.0 Å². The first-order valence-electron chi connectivity index (χ1n) is 7.55. The fourth-order valence-corrected chi connectivity index (χ4v) is 3.75. The van der Waals surface area contributed by atoms with Crippen LogP contribution >= 0.6 is 0 Å². The fraction of sp³-hybridized carbons (Fsp3) is 0.412. The lowest BCUT2D eigenvalue weighted by molar-refractivity contribution is 0.556. The molecule has 21 heavy (non-hydrogen) atoms. The number of anilines is 1. The van der Waals surface area contributed by atoms with Crippen LogP contribution in [0, 0.1) is 24.2 Å². The van der Waals surface area contributed by atoms with Crippen LogP contribution in [0.5, 0.6) is 0 Å². The van der Waals surface area contributed by atoms with E-state index in [2.05, 4.69) is 16.3 Å². The summed E-state index contributed by atoms with van der Waals surface area (Å²) >= 11 is 0. The number of aryl methyl sites for hydroxylation is 1. The second kappa shape index (κ2) is 4.71. The Morgan fingerprint density at radius 1 is 1.33 bits per heavy atom. The molecule has 4 rings (SSSR count). The maximum Gasteiger partial charge on any atom is 0.147 e. The second-order valence-corrected chi connectivity index (χ2v) is 6.08. The number of rotatable bonds is 1. The molecule has 0 bridgehead atoms. The van der Waals surface area contributed by atoms with Gasteiger partial charge in [-0.3, -0.25) is 0 Å². The van der Waals surface area contributed by atoms with E-state index in [1.165, 1.54) is 6.42 Å². The van der Waals surface area contributed by atoms with Crippen LogP contribution < -0.4 is 10.2 Å². The second-order valence-electron chi connectivity index (χ2n) is 6.08. The van der Waals surface area contributed by atoms with Gasteiger partial charge in [-0.25, -0.2) is 4.98 Å². The van der Waals surface area contributed by atoms with E-state index >= 15 is 0 Å². The van der Waals surface area contributed by atoms with E-state index in [-0.39, 0.29) is 0 Å². The van der Waals surface area contributed by atoms with Crippen LogP contribution in [-0.2, 0) is 0 Å². The van der Waals surface area contributed by atoms with Crippen molar-refractivity contribution in [1.82, 2.24) is 10.3 Å². The molecule has 2 fully saturated rings. The highest BCUT2D eigenvalue weighted by atomic mass is 15.3. The van der Waals surface area contributed by atoms with Crippen molar-refractivity contribution in [2.24, 2.45) is 5.92 Å². The summed E-state index contributed by atoms with van der Waals surface area (Å²) in [5, 5.41) is 14.2. The van der Waals surface area contributed by atoms with Gasteiger partial charge >= 0.3 is 0 Å². The summed E-state index contributed by atoms with van der Waals surface area (Å²) in [6.07, 6.45) is 1.23. The van der Waals surface area contributed by atoms with Gasteiger partial charge in [-0.15, -0.1) is 0 Å². The van der Waals surface area contributed by atoms with Crippen LogP contribution in [-0.4, -0.2) is 30.7 Å². The van der Waals surface area contributed by atoms with Crippen LogP contribution in [0.15, 0.2) is 24.3 Å². The third-order valence-electron chi connectivity index (χ3n) is 4.91. The zero-order valence-corrected chi connectivity index (χ0v) is 12.1. The van der Waals surface area contributed by atoms with Crippen molar-refractivity contribution < 1.29 is 0 Å². The Hall–Kier alpha value is -2.12. The molecule has 1 aromatic carbocycles. The molecule has 0 radical (unpaired) electrons. The van der Waals surface area contributed by atoms with E-state index < -0.39 is 0 Å². The predicted molar refractivity (Wildman–Crippen MR) is 83.3 cm³/mol. The van der Waals surface area contributed by atoms with Gasteiger partial charge in [0.1, 0.15) is 11.9 Å². The van der Waals surface area contributed by atoms with Crippen LogP contribution in [0.4, 0.5) is 5.82 Å². The molecule has 0 saturated carbocycles. The number of nitrogens with zero attached hydrogens (tertiary/aromatic N) is 3. The quantitative estimate of drug-likeness (QED) is 0.869. The number of fused-ring (bicyclic) bond motifs is 2. The van der Waals surface area contributed by atoms with E-state index in [1.54, 1.807) is 0 Å². The van der Waals surface area contributed by atoms with E-state index in [0.717, 1.165) is 47.5 Å². The van der Waals surface area contributed by atoms with Gasteiger partial charge in [-0.1, -0.05) is 18.2 Å². The number of pyridine rings is 1. The van der Waals surface area contributed by atoms with Gasteiger partial charge < -0.3 is 10.2 Å². The zero-order valence-electron chi connectivity index (χ0n) is 12.1. The largest absolute Gasteiger partial charge is 0.354 e. The molecule has 2 aliphatic heterocycles. The highest BCUT2D eigenvalue weighted by molar-refractivity contribution is 5.87. The summed E-state index contributed by atoms with van der Waals surface area (Å²) in [5.41, 5.74) is 2.76. The van der Waals surface area contributed by atoms with E-state index in [1.807, 2.05) is 31.2 Å². The third kappa shape index (κ3) is 1.89. The minimum atomic E-state index is 0.560. The van der Waals surface area contributed by atoms with Gasteiger partial charge in [0, 0.05) is 24.5 Å². The van der Waals surface area contributed by atoms with Crippen molar-refractivity contribution in [2.45, 2.75) is 19.4 Å². The number of aromatic nitrogens is 1. The highest BCUT2D eigenvalue weighted by Crippen LogP contribution is 2.33. The standard InChI is InChI=1S/C17H18N4/c1-11-13-4-2-3-5-15(13)20-17(14(11)8-18)21-9-12-6-7-19-16(12)10-21/h2-5,12,16,19H,6-7,9-10H2,1H3/t12-,16+/m0/s1. The Kier molecular flexibility index (Phi) is 2.83. The van der Waals surface area contributed by atoms with Crippen LogP contribution in [0.25, 0.3) is 10.9 Å². The Balaban J connectivity index is 1.83. The lowest BCUT2D eigenvalue weighted by atomic mass is 10.0. The van der Waals surface area contributed by atoms with Gasteiger partial charge in [-0.2, -0.15) is 5.26 Å². The van der Waals surface area contributed by atoms with Gasteiger partial charge in [-0.05, 0) is 37.4 Å². The molecule has 0 aliphatic carbocycles. The first-order chi connectivity index (χ1) is 10.3. The summed E-state index contributed by atoms with van der Waals surface area (Å²) in [7, 11) is 0. The summed E-state index contributed by atoms with van der Waals surface area (Å²) in [5.74, 6) is 1.56. The Labute approximate surface area is 124 Å². The molecule has 2 atom stereocenters. The molecule has 3 heterocycles. The van der Waals surface area contributed by atoms with Crippen LogP contribution in [0.1, 0.15) is 17.5 Å². The topological polar surface area (TPSA) is 52.0 Å². The van der Waals surface area contributed by atoms with Gasteiger partial charge in [0.2, 0.25) is 0 Å². The molecule has 1 N–H and O–H groups in total. The predicted octanol–water partition coefficient (Wildman–Crippen LogP) is 2.21. The average molecular weight is 278 g/mol. The third-order valence-corrected chi connectivity index (χ3v) is 4.91. The first-order valence-corrected chi connectivity index (χ1v) is 7.55. The lowest BCUT2D eigenvalue weighted by Gasteiger charge is -2.21. The van der Waals surface area contributed by atoms with Gasteiger partial charge in [0.15, 0.2) is 0 Å². The van der Waals surface area contributed by atoms with Crippen molar-refractivity contribution in [3.05, 3.63) is 35.4 Å². The number of benzene rings is 1. The molecule has 4 nitrogen and oxygen atoms in total. The van der Waals surface area contributed by atoms with Gasteiger partial charge in [0.05, 0.1) is 11.1 Å². The van der Waals surface area contributed by atoms with E-state index in [9.17, 15) is 5.26 Å². The zero-order chi connectivity index (χ0) is 14.4. The van der Waals surface area contributed by atoms with Crippen LogP contribution in [0.3, 0.4) is 0 Å². The average Bonchev–Trinajstić information content (AvgIpc) is 3.08. The number of hydrogen-bond acceptors (Lipinski definition) is 4. The number of nitriles is 1. The monoisotopic (exact) mass is 278 g/mol. The fourth-order valence-electron chi connectivity index (χ4n) is 3.75. The van der Waals surface area contributed by atoms with Crippen molar-refractivity contribution in [1.29, 1.82) is 5.26 Å². The first kappa shape index (κ1) is 12.6. The Morgan fingerprint density at radius 3 is 3.00 bits per heavy atom. The number of para-hydroxylation sites is 1. The minimum Gasteiger partial charge on any atom is -0.354 e. The molecular weight excluding hydrogens is 260 g/mol. The van der Waals surface area contributed by atoms with Gasteiger partial charge in [0.25, 0.3) is 0 Å². The molecule has 0 unspecified atom stereocenters. The van der Waals surface area contributed by atoms with Crippen molar-refractivity contribution in [2.75, 3.05) is 24.5 Å². The molecule has 2 aliphatic rings. The molecule has 2 aromatic rings. The number of hydrogen-bond donors (Lipinski definition) is 1. The summed E-state index contributed by atoms with van der Waals surface area (Å²) in [6.45, 7) is 5.13. The lowest BCUT2D eigenvalue weighted by Crippen LogP contribution is -2.30. The smallest absolute Gasteiger partial charge is 0.147 e.